The number of carbonyl (C=O) groups excluding carboxylic acids is 2. The molecule has 1 rings (SSSR count). The highest BCUT2D eigenvalue weighted by Gasteiger charge is 2.12. The molecule has 0 aromatic carbocycles. The van der Waals surface area contributed by atoms with Gasteiger partial charge in [-0.05, 0) is 31.0 Å². The lowest BCUT2D eigenvalue weighted by Gasteiger charge is -2.21. The Kier molecular flexibility index (Phi) is 6.70. The molecule has 5 nitrogen and oxygen atoms in total. The molecule has 0 bridgehead atoms. The van der Waals surface area contributed by atoms with E-state index >= 15 is 0 Å². The zero-order valence-electron chi connectivity index (χ0n) is 12.4. The minimum Gasteiger partial charge on any atom is -0.354 e. The van der Waals surface area contributed by atoms with Crippen molar-refractivity contribution in [3.05, 3.63) is 30.1 Å². The molecule has 0 spiro atoms. The summed E-state index contributed by atoms with van der Waals surface area (Å²) in [6, 6.07) is 3.91. The second-order valence-corrected chi connectivity index (χ2v) is 4.92. The predicted octanol–water partition coefficient (Wildman–Crippen LogP) is 1.73. The standard InChI is InChI=1S/C15H23N3O2/c1-4-12(2)17-15(20)7-10-18(13(3)19)11-14-5-8-16-9-6-14/h5-6,8-9,12H,4,7,10-11H2,1-3H3,(H,17,20). The molecule has 1 aromatic rings. The number of pyridine rings is 1. The summed E-state index contributed by atoms with van der Waals surface area (Å²) in [6.07, 6.45) is 4.63. The molecule has 0 aliphatic heterocycles. The van der Waals surface area contributed by atoms with Gasteiger partial charge in [-0.3, -0.25) is 14.6 Å². The van der Waals surface area contributed by atoms with E-state index in [1.807, 2.05) is 26.0 Å². The third kappa shape index (κ3) is 5.82. The van der Waals surface area contributed by atoms with Crippen molar-refractivity contribution in [2.75, 3.05) is 6.54 Å². The Hall–Kier alpha value is -1.91. The molecule has 0 radical (unpaired) electrons. The lowest BCUT2D eigenvalue weighted by Crippen LogP contribution is -2.36. The zero-order chi connectivity index (χ0) is 15.0. The van der Waals surface area contributed by atoms with E-state index < -0.39 is 0 Å². The minimum absolute atomic E-state index is 0.0136. The zero-order valence-corrected chi connectivity index (χ0v) is 12.4. The van der Waals surface area contributed by atoms with Gasteiger partial charge in [-0.25, -0.2) is 0 Å². The van der Waals surface area contributed by atoms with Crippen molar-refractivity contribution < 1.29 is 9.59 Å². The smallest absolute Gasteiger partial charge is 0.221 e. The Morgan fingerprint density at radius 3 is 2.55 bits per heavy atom. The molecule has 1 atom stereocenters. The van der Waals surface area contributed by atoms with Gasteiger partial charge in [-0.1, -0.05) is 6.92 Å². The molecule has 20 heavy (non-hydrogen) atoms. The molecule has 0 aliphatic carbocycles. The summed E-state index contributed by atoms with van der Waals surface area (Å²) in [5, 5.41) is 2.90. The fourth-order valence-corrected chi connectivity index (χ4v) is 1.74. The molecule has 1 aromatic heterocycles. The van der Waals surface area contributed by atoms with Gasteiger partial charge in [0.2, 0.25) is 11.8 Å². The topological polar surface area (TPSA) is 62.3 Å². The van der Waals surface area contributed by atoms with Crippen molar-refractivity contribution in [3.8, 4) is 0 Å². The first kappa shape index (κ1) is 16.1. The lowest BCUT2D eigenvalue weighted by molar-refractivity contribution is -0.130. The monoisotopic (exact) mass is 277 g/mol. The molecule has 0 saturated carbocycles. The van der Waals surface area contributed by atoms with Crippen LogP contribution >= 0.6 is 0 Å². The van der Waals surface area contributed by atoms with E-state index in [0.29, 0.717) is 19.5 Å². The van der Waals surface area contributed by atoms with Crippen molar-refractivity contribution in [1.29, 1.82) is 0 Å². The van der Waals surface area contributed by atoms with E-state index in [0.717, 1.165) is 12.0 Å². The summed E-state index contributed by atoms with van der Waals surface area (Å²) in [7, 11) is 0. The second-order valence-electron chi connectivity index (χ2n) is 4.92. The largest absolute Gasteiger partial charge is 0.354 e. The highest BCUT2D eigenvalue weighted by molar-refractivity contribution is 5.78. The fraction of sp³-hybridized carbons (Fsp3) is 0.533. The summed E-state index contributed by atoms with van der Waals surface area (Å²) < 4.78 is 0. The normalized spacial score (nSPS) is 11.8. The average molecular weight is 277 g/mol. The van der Waals surface area contributed by atoms with Crippen LogP contribution in [0.3, 0.4) is 0 Å². The van der Waals surface area contributed by atoms with Crippen molar-refractivity contribution in [2.24, 2.45) is 0 Å². The first-order valence-corrected chi connectivity index (χ1v) is 6.96. The van der Waals surface area contributed by atoms with Crippen LogP contribution in [0.15, 0.2) is 24.5 Å². The van der Waals surface area contributed by atoms with Crippen LogP contribution < -0.4 is 5.32 Å². The average Bonchev–Trinajstić information content (AvgIpc) is 2.44. The van der Waals surface area contributed by atoms with E-state index in [9.17, 15) is 9.59 Å². The molecule has 0 saturated heterocycles. The quantitative estimate of drug-likeness (QED) is 0.825. The number of hydrogen-bond acceptors (Lipinski definition) is 3. The highest BCUT2D eigenvalue weighted by Crippen LogP contribution is 2.04. The van der Waals surface area contributed by atoms with Crippen molar-refractivity contribution in [1.82, 2.24) is 15.2 Å². The first-order valence-electron chi connectivity index (χ1n) is 6.96. The Morgan fingerprint density at radius 1 is 1.35 bits per heavy atom. The molecule has 2 amide bonds. The van der Waals surface area contributed by atoms with Crippen LogP contribution in [0.5, 0.6) is 0 Å². The minimum atomic E-state index is -0.0295. The van der Waals surface area contributed by atoms with Gasteiger partial charge in [0.05, 0.1) is 0 Å². The van der Waals surface area contributed by atoms with E-state index in [2.05, 4.69) is 10.3 Å². The van der Waals surface area contributed by atoms with Crippen LogP contribution in [0, 0.1) is 0 Å². The van der Waals surface area contributed by atoms with Crippen LogP contribution in [-0.2, 0) is 16.1 Å². The van der Waals surface area contributed by atoms with Crippen molar-refractivity contribution in [3.63, 3.8) is 0 Å². The molecule has 0 fully saturated rings. The SMILES string of the molecule is CCC(C)NC(=O)CCN(Cc1ccncc1)C(C)=O. The summed E-state index contributed by atoms with van der Waals surface area (Å²) >= 11 is 0. The predicted molar refractivity (Wildman–Crippen MR) is 77.8 cm³/mol. The highest BCUT2D eigenvalue weighted by atomic mass is 16.2. The van der Waals surface area contributed by atoms with Crippen LogP contribution in [0.4, 0.5) is 0 Å². The Bertz CT molecular complexity index is 434. The molecule has 0 aliphatic rings. The Labute approximate surface area is 120 Å². The first-order chi connectivity index (χ1) is 9.52. The van der Waals surface area contributed by atoms with Gasteiger partial charge in [0.25, 0.3) is 0 Å². The maximum atomic E-state index is 11.7. The maximum absolute atomic E-state index is 11.7. The molecule has 5 heteroatoms. The van der Waals surface area contributed by atoms with Gasteiger partial charge in [-0.15, -0.1) is 0 Å². The summed E-state index contributed by atoms with van der Waals surface area (Å²) in [6.45, 7) is 6.45. The third-order valence-corrected chi connectivity index (χ3v) is 3.20. The maximum Gasteiger partial charge on any atom is 0.221 e. The number of carbonyl (C=O) groups is 2. The van der Waals surface area contributed by atoms with Crippen LogP contribution in [0.2, 0.25) is 0 Å². The van der Waals surface area contributed by atoms with E-state index in [1.54, 1.807) is 17.3 Å². The van der Waals surface area contributed by atoms with Crippen LogP contribution in [0.25, 0.3) is 0 Å². The van der Waals surface area contributed by atoms with Gasteiger partial charge < -0.3 is 10.2 Å². The van der Waals surface area contributed by atoms with Crippen LogP contribution in [-0.4, -0.2) is 34.3 Å². The van der Waals surface area contributed by atoms with E-state index in [-0.39, 0.29) is 17.9 Å². The summed E-state index contributed by atoms with van der Waals surface area (Å²) in [5.74, 6) is -0.0431. The number of amides is 2. The third-order valence-electron chi connectivity index (χ3n) is 3.20. The van der Waals surface area contributed by atoms with Gasteiger partial charge in [0.15, 0.2) is 0 Å². The molecule has 110 valence electrons. The molecule has 1 heterocycles. The number of rotatable bonds is 7. The fourth-order valence-electron chi connectivity index (χ4n) is 1.74. The summed E-state index contributed by atoms with van der Waals surface area (Å²) in [4.78, 5) is 29.0. The second kappa shape index (κ2) is 8.30. The molecular weight excluding hydrogens is 254 g/mol. The van der Waals surface area contributed by atoms with Gasteiger partial charge >= 0.3 is 0 Å². The lowest BCUT2D eigenvalue weighted by atomic mass is 10.2. The van der Waals surface area contributed by atoms with Gasteiger partial charge in [-0.2, -0.15) is 0 Å². The molecule has 1 N–H and O–H groups in total. The van der Waals surface area contributed by atoms with Crippen molar-refractivity contribution >= 4 is 11.8 Å². The number of hydrogen-bond donors (Lipinski definition) is 1. The summed E-state index contributed by atoms with van der Waals surface area (Å²) in [5.41, 5.74) is 1.01. The molecular formula is C15H23N3O2. The Balaban J connectivity index is 2.48. The number of nitrogens with zero attached hydrogens (tertiary/aromatic N) is 2. The van der Waals surface area contributed by atoms with E-state index in [4.69, 9.17) is 0 Å². The molecule has 1 unspecified atom stereocenters. The van der Waals surface area contributed by atoms with E-state index in [1.165, 1.54) is 6.92 Å². The van der Waals surface area contributed by atoms with Gasteiger partial charge in [0.1, 0.15) is 0 Å². The van der Waals surface area contributed by atoms with Crippen molar-refractivity contribution in [2.45, 2.75) is 46.2 Å². The number of nitrogens with one attached hydrogen (secondary N) is 1. The Morgan fingerprint density at radius 2 is 2.00 bits per heavy atom. The van der Waals surface area contributed by atoms with Crippen LogP contribution in [0.1, 0.15) is 39.2 Å². The number of aromatic nitrogens is 1. The van der Waals surface area contributed by atoms with Gasteiger partial charge in [0, 0.05) is 44.9 Å².